The number of benzene rings is 2. The first-order chi connectivity index (χ1) is 18.2. The number of anilines is 1. The van der Waals surface area contributed by atoms with Crippen molar-refractivity contribution in [1.29, 1.82) is 5.41 Å². The van der Waals surface area contributed by atoms with Crippen LogP contribution in [0.25, 0.3) is 0 Å². The zero-order chi connectivity index (χ0) is 27.1. The molecule has 3 aliphatic rings. The van der Waals surface area contributed by atoms with E-state index >= 15 is 0 Å². The summed E-state index contributed by atoms with van der Waals surface area (Å²) in [5.41, 5.74) is 11.4. The summed E-state index contributed by atoms with van der Waals surface area (Å²) < 4.78 is 2.54. The number of hydrogen-bond acceptors (Lipinski definition) is 2. The fourth-order valence-corrected chi connectivity index (χ4v) is 6.82. The molecule has 0 radical (unpaired) electrons. The Kier molecular flexibility index (Phi) is 7.07. The van der Waals surface area contributed by atoms with Crippen molar-refractivity contribution in [2.24, 2.45) is 0 Å². The van der Waals surface area contributed by atoms with Crippen LogP contribution in [0.1, 0.15) is 84.8 Å². The highest BCUT2D eigenvalue weighted by Gasteiger charge is 2.44. The van der Waals surface area contributed by atoms with E-state index in [1.165, 1.54) is 39.5 Å². The fourth-order valence-electron chi connectivity index (χ4n) is 6.82. The highest BCUT2D eigenvalue weighted by Crippen LogP contribution is 2.48. The largest absolute Gasteiger partial charge is 0.344 e. The van der Waals surface area contributed by atoms with E-state index in [-0.39, 0.29) is 10.8 Å². The van der Waals surface area contributed by atoms with Gasteiger partial charge in [-0.15, -0.1) is 0 Å². The number of hydrogen-bond donors (Lipinski definition) is 1. The lowest BCUT2D eigenvalue weighted by molar-refractivity contribution is -0.439. The van der Waals surface area contributed by atoms with Crippen LogP contribution >= 0.6 is 0 Å². The maximum absolute atomic E-state index is 9.03. The minimum absolute atomic E-state index is 0.0124. The van der Waals surface area contributed by atoms with Crippen LogP contribution in [0.3, 0.4) is 0 Å². The molecule has 3 heteroatoms. The molecular formula is C35H44N3+. The van der Waals surface area contributed by atoms with Crippen molar-refractivity contribution in [2.45, 2.75) is 84.5 Å². The maximum atomic E-state index is 9.03. The predicted molar refractivity (Wildman–Crippen MR) is 162 cm³/mol. The van der Waals surface area contributed by atoms with Crippen molar-refractivity contribution >= 4 is 22.8 Å². The van der Waals surface area contributed by atoms with Crippen LogP contribution in [-0.2, 0) is 10.8 Å². The average Bonchev–Trinajstić information content (AvgIpc) is 3.43. The molecule has 3 nitrogen and oxygen atoms in total. The summed E-state index contributed by atoms with van der Waals surface area (Å²) in [5.74, 6) is 0. The normalized spacial score (nSPS) is 22.7. The van der Waals surface area contributed by atoms with Crippen molar-refractivity contribution in [3.8, 4) is 0 Å². The van der Waals surface area contributed by atoms with Crippen LogP contribution in [0.15, 0.2) is 83.6 Å². The first-order valence-electron chi connectivity index (χ1n) is 14.5. The topological polar surface area (TPSA) is 30.1 Å². The van der Waals surface area contributed by atoms with Gasteiger partial charge in [-0.2, -0.15) is 4.58 Å². The van der Waals surface area contributed by atoms with Crippen LogP contribution in [0.2, 0.25) is 0 Å². The molecule has 0 bridgehead atoms. The summed E-state index contributed by atoms with van der Waals surface area (Å²) in [7, 11) is 0. The van der Waals surface area contributed by atoms with Crippen molar-refractivity contribution in [1.82, 2.24) is 0 Å². The van der Waals surface area contributed by atoms with Gasteiger partial charge in [-0.1, -0.05) is 76.2 Å². The van der Waals surface area contributed by atoms with E-state index in [9.17, 15) is 0 Å². The molecule has 0 atom stereocenters. The number of rotatable bonds is 7. The lowest BCUT2D eigenvalue weighted by atomic mass is 9.80. The summed E-state index contributed by atoms with van der Waals surface area (Å²) >= 11 is 0. The Morgan fingerprint density at radius 2 is 1.53 bits per heavy atom. The average molecular weight is 507 g/mol. The standard InChI is InChI=1S/C35H44N3/c1-7-23-37-29-15-11-9-13-27(29)34(3,4)31(37)21-19-25-17-18-26(33(25)36)20-22-32-35(5,6)28-14-10-12-16-30(28)38(32)24-8-2/h9-16,19-21,36H,7-8,17-18,22-24H2,1-6H3/q+1. The third-order valence-corrected chi connectivity index (χ3v) is 8.90. The quantitative estimate of drug-likeness (QED) is 0.374. The Labute approximate surface area is 229 Å². The van der Waals surface area contributed by atoms with E-state index in [1.54, 1.807) is 0 Å². The number of fused-ring (bicyclic) bond motifs is 2. The Hall–Kier alpha value is -3.20. The molecule has 38 heavy (non-hydrogen) atoms. The van der Waals surface area contributed by atoms with Crippen LogP contribution < -0.4 is 4.90 Å². The number of allylic oxidation sites excluding steroid dienone is 6. The smallest absolute Gasteiger partial charge is 0.209 e. The Bertz CT molecular complexity index is 1380. The van der Waals surface area contributed by atoms with Gasteiger partial charge in [0.25, 0.3) is 0 Å². The molecule has 2 heterocycles. The molecule has 1 aliphatic carbocycles. The molecule has 2 aromatic rings. The monoisotopic (exact) mass is 506 g/mol. The molecule has 1 N–H and O–H groups in total. The number of para-hydroxylation sites is 2. The summed E-state index contributed by atoms with van der Waals surface area (Å²) in [4.78, 5) is 2.49. The van der Waals surface area contributed by atoms with E-state index in [0.29, 0.717) is 0 Å². The Morgan fingerprint density at radius 3 is 2.26 bits per heavy atom. The van der Waals surface area contributed by atoms with Gasteiger partial charge in [0.15, 0.2) is 5.71 Å². The molecule has 2 aliphatic heterocycles. The lowest BCUT2D eigenvalue weighted by Gasteiger charge is -2.26. The highest BCUT2D eigenvalue weighted by molar-refractivity contribution is 6.13. The summed E-state index contributed by atoms with van der Waals surface area (Å²) in [6.45, 7) is 15.9. The molecular weight excluding hydrogens is 462 g/mol. The van der Waals surface area contributed by atoms with Crippen molar-refractivity contribution in [3.63, 3.8) is 0 Å². The molecule has 0 unspecified atom stereocenters. The van der Waals surface area contributed by atoms with Gasteiger partial charge in [-0.25, -0.2) is 0 Å². The van der Waals surface area contributed by atoms with Crippen LogP contribution in [0.5, 0.6) is 0 Å². The second-order valence-corrected chi connectivity index (χ2v) is 12.1. The van der Waals surface area contributed by atoms with Gasteiger partial charge in [-0.3, -0.25) is 0 Å². The van der Waals surface area contributed by atoms with Crippen LogP contribution in [0, 0.1) is 5.41 Å². The predicted octanol–water partition coefficient (Wildman–Crippen LogP) is 8.62. The highest BCUT2D eigenvalue weighted by atomic mass is 15.2. The third-order valence-electron chi connectivity index (χ3n) is 8.90. The van der Waals surface area contributed by atoms with Gasteiger partial charge in [0.2, 0.25) is 5.69 Å². The second kappa shape index (κ2) is 10.2. The third kappa shape index (κ3) is 4.30. The molecule has 1 fully saturated rings. The van der Waals surface area contributed by atoms with E-state index in [2.05, 4.69) is 118 Å². The summed E-state index contributed by atoms with van der Waals surface area (Å²) in [5, 5.41) is 9.03. The van der Waals surface area contributed by atoms with Crippen molar-refractivity contribution < 1.29 is 4.58 Å². The zero-order valence-electron chi connectivity index (χ0n) is 24.2. The lowest BCUT2D eigenvalue weighted by Crippen LogP contribution is -2.29. The van der Waals surface area contributed by atoms with E-state index < -0.39 is 0 Å². The van der Waals surface area contributed by atoms with Crippen LogP contribution in [0.4, 0.5) is 11.4 Å². The van der Waals surface area contributed by atoms with Gasteiger partial charge in [0.1, 0.15) is 6.54 Å². The van der Waals surface area contributed by atoms with Gasteiger partial charge in [-0.05, 0) is 62.0 Å². The van der Waals surface area contributed by atoms with Gasteiger partial charge in [0, 0.05) is 47.8 Å². The molecule has 0 spiro atoms. The molecule has 0 aromatic heterocycles. The molecule has 1 saturated carbocycles. The van der Waals surface area contributed by atoms with Crippen molar-refractivity contribution in [3.05, 3.63) is 94.7 Å². The number of nitrogens with zero attached hydrogens (tertiary/aromatic N) is 2. The Balaban J connectivity index is 1.41. The van der Waals surface area contributed by atoms with E-state index in [1.807, 2.05) is 0 Å². The second-order valence-electron chi connectivity index (χ2n) is 12.1. The minimum Gasteiger partial charge on any atom is -0.344 e. The summed E-state index contributed by atoms with van der Waals surface area (Å²) in [6.07, 6.45) is 11.9. The van der Waals surface area contributed by atoms with E-state index in [0.717, 1.165) is 56.5 Å². The molecule has 5 rings (SSSR count). The van der Waals surface area contributed by atoms with E-state index in [4.69, 9.17) is 5.41 Å². The minimum atomic E-state index is -0.0370. The first-order valence-corrected chi connectivity index (χ1v) is 14.5. The number of nitrogens with one attached hydrogen (secondary N) is 1. The molecule has 2 aromatic carbocycles. The molecule has 0 saturated heterocycles. The van der Waals surface area contributed by atoms with Crippen molar-refractivity contribution in [2.75, 3.05) is 18.0 Å². The molecule has 0 amide bonds. The van der Waals surface area contributed by atoms with Gasteiger partial charge >= 0.3 is 0 Å². The first kappa shape index (κ1) is 26.4. The van der Waals surface area contributed by atoms with Gasteiger partial charge in [0.05, 0.1) is 11.1 Å². The Morgan fingerprint density at radius 1 is 0.842 bits per heavy atom. The summed E-state index contributed by atoms with van der Waals surface area (Å²) in [6, 6.07) is 17.7. The zero-order valence-corrected chi connectivity index (χ0v) is 24.2. The fraction of sp³-hybridized carbons (Fsp3) is 0.429. The van der Waals surface area contributed by atoms with Gasteiger partial charge < -0.3 is 10.3 Å². The van der Waals surface area contributed by atoms with Crippen LogP contribution in [-0.4, -0.2) is 29.1 Å². The molecule has 198 valence electrons. The SMILES string of the molecule is CCCN1C(=CC=C2CCC(=CCC3=[N+](CCC)c4ccccc4C3(C)C)C2=N)C(C)(C)c2ccccc21. The maximum Gasteiger partial charge on any atom is 0.209 e.